The molecular formula is C16H20N4O. The number of anilines is 1. The molecule has 21 heavy (non-hydrogen) atoms. The standard InChI is InChI=1S/C16H20N4O/c1-3-20(4-2)15(21)14-10-11-17-16(19-14)18-12-13-8-6-5-7-9-13/h5-11H,3-4,12H2,1-2H3,(H,17,18,19). The molecule has 1 aromatic heterocycles. The van der Waals surface area contributed by atoms with Crippen molar-refractivity contribution in [1.82, 2.24) is 14.9 Å². The van der Waals surface area contributed by atoms with Gasteiger partial charge in [0.2, 0.25) is 5.95 Å². The van der Waals surface area contributed by atoms with Crippen LogP contribution in [0.4, 0.5) is 5.95 Å². The van der Waals surface area contributed by atoms with Crippen molar-refractivity contribution in [2.24, 2.45) is 0 Å². The van der Waals surface area contributed by atoms with E-state index in [4.69, 9.17) is 0 Å². The lowest BCUT2D eigenvalue weighted by Crippen LogP contribution is -2.31. The van der Waals surface area contributed by atoms with Gasteiger partial charge in [0, 0.05) is 25.8 Å². The Labute approximate surface area is 125 Å². The van der Waals surface area contributed by atoms with E-state index in [0.717, 1.165) is 5.56 Å². The maximum Gasteiger partial charge on any atom is 0.272 e. The van der Waals surface area contributed by atoms with Crippen molar-refractivity contribution in [2.45, 2.75) is 20.4 Å². The van der Waals surface area contributed by atoms with Crippen LogP contribution in [0.2, 0.25) is 0 Å². The molecule has 0 spiro atoms. The van der Waals surface area contributed by atoms with E-state index in [1.165, 1.54) is 0 Å². The monoisotopic (exact) mass is 284 g/mol. The summed E-state index contributed by atoms with van der Waals surface area (Å²) in [6, 6.07) is 11.6. The fraction of sp³-hybridized carbons (Fsp3) is 0.312. The van der Waals surface area contributed by atoms with Gasteiger partial charge >= 0.3 is 0 Å². The highest BCUT2D eigenvalue weighted by molar-refractivity contribution is 5.92. The van der Waals surface area contributed by atoms with Gasteiger partial charge in [-0.25, -0.2) is 9.97 Å². The zero-order valence-electron chi connectivity index (χ0n) is 12.4. The molecule has 0 aliphatic rings. The highest BCUT2D eigenvalue weighted by Crippen LogP contribution is 2.07. The molecule has 5 heteroatoms. The van der Waals surface area contributed by atoms with Crippen molar-refractivity contribution in [3.8, 4) is 0 Å². The van der Waals surface area contributed by atoms with Gasteiger partial charge < -0.3 is 10.2 Å². The molecule has 1 aromatic carbocycles. The minimum Gasteiger partial charge on any atom is -0.350 e. The van der Waals surface area contributed by atoms with Crippen molar-refractivity contribution in [3.05, 3.63) is 53.9 Å². The van der Waals surface area contributed by atoms with E-state index in [1.807, 2.05) is 44.2 Å². The summed E-state index contributed by atoms with van der Waals surface area (Å²) >= 11 is 0. The van der Waals surface area contributed by atoms with Gasteiger partial charge in [0.15, 0.2) is 0 Å². The molecule has 1 heterocycles. The molecule has 2 rings (SSSR count). The molecule has 0 unspecified atom stereocenters. The lowest BCUT2D eigenvalue weighted by Gasteiger charge is -2.18. The van der Waals surface area contributed by atoms with Crippen LogP contribution in [0, 0.1) is 0 Å². The number of hydrogen-bond acceptors (Lipinski definition) is 4. The van der Waals surface area contributed by atoms with Crippen LogP contribution in [0.25, 0.3) is 0 Å². The Kier molecular flexibility index (Phi) is 5.26. The third kappa shape index (κ3) is 4.02. The molecule has 0 aliphatic heterocycles. The topological polar surface area (TPSA) is 58.1 Å². The number of benzene rings is 1. The Morgan fingerprint density at radius 2 is 1.86 bits per heavy atom. The summed E-state index contributed by atoms with van der Waals surface area (Å²) in [5.74, 6) is 0.405. The summed E-state index contributed by atoms with van der Waals surface area (Å²) in [5, 5.41) is 3.14. The van der Waals surface area contributed by atoms with Crippen LogP contribution in [0.15, 0.2) is 42.6 Å². The van der Waals surface area contributed by atoms with Crippen LogP contribution in [-0.2, 0) is 6.54 Å². The van der Waals surface area contributed by atoms with Crippen molar-refractivity contribution < 1.29 is 4.79 Å². The third-order valence-corrected chi connectivity index (χ3v) is 3.22. The van der Waals surface area contributed by atoms with Gasteiger partial charge in [-0.2, -0.15) is 0 Å². The fourth-order valence-electron chi connectivity index (χ4n) is 2.01. The Hall–Kier alpha value is -2.43. The van der Waals surface area contributed by atoms with E-state index < -0.39 is 0 Å². The first-order valence-corrected chi connectivity index (χ1v) is 7.14. The Morgan fingerprint density at radius 3 is 2.52 bits per heavy atom. The molecule has 5 nitrogen and oxygen atoms in total. The summed E-state index contributed by atoms with van der Waals surface area (Å²) in [4.78, 5) is 22.4. The smallest absolute Gasteiger partial charge is 0.272 e. The van der Waals surface area contributed by atoms with Gasteiger partial charge in [-0.05, 0) is 25.5 Å². The summed E-state index contributed by atoms with van der Waals surface area (Å²) in [6.07, 6.45) is 1.61. The average Bonchev–Trinajstić information content (AvgIpc) is 2.55. The van der Waals surface area contributed by atoms with Gasteiger partial charge in [0.1, 0.15) is 5.69 Å². The Morgan fingerprint density at radius 1 is 1.14 bits per heavy atom. The normalized spacial score (nSPS) is 10.2. The van der Waals surface area contributed by atoms with Crippen molar-refractivity contribution >= 4 is 11.9 Å². The molecule has 0 radical (unpaired) electrons. The van der Waals surface area contributed by atoms with Crippen LogP contribution in [0.1, 0.15) is 29.9 Å². The molecule has 0 aliphatic carbocycles. The van der Waals surface area contributed by atoms with Crippen molar-refractivity contribution in [3.63, 3.8) is 0 Å². The van der Waals surface area contributed by atoms with E-state index in [2.05, 4.69) is 15.3 Å². The van der Waals surface area contributed by atoms with E-state index in [-0.39, 0.29) is 5.91 Å². The molecule has 110 valence electrons. The van der Waals surface area contributed by atoms with Gasteiger partial charge in [0.05, 0.1) is 0 Å². The van der Waals surface area contributed by atoms with Gasteiger partial charge in [-0.1, -0.05) is 30.3 Å². The highest BCUT2D eigenvalue weighted by Gasteiger charge is 2.14. The van der Waals surface area contributed by atoms with Crippen molar-refractivity contribution in [2.75, 3.05) is 18.4 Å². The predicted molar refractivity (Wildman–Crippen MR) is 83.1 cm³/mol. The number of hydrogen-bond donors (Lipinski definition) is 1. The fourth-order valence-corrected chi connectivity index (χ4v) is 2.01. The highest BCUT2D eigenvalue weighted by atomic mass is 16.2. The average molecular weight is 284 g/mol. The second kappa shape index (κ2) is 7.38. The molecule has 0 bridgehead atoms. The number of carbonyl (C=O) groups excluding carboxylic acids is 1. The van der Waals surface area contributed by atoms with Crippen LogP contribution >= 0.6 is 0 Å². The molecule has 1 amide bonds. The molecule has 1 N–H and O–H groups in total. The van der Waals surface area contributed by atoms with E-state index in [1.54, 1.807) is 17.2 Å². The first-order valence-electron chi connectivity index (χ1n) is 7.14. The number of aromatic nitrogens is 2. The summed E-state index contributed by atoms with van der Waals surface area (Å²) in [5.41, 5.74) is 1.56. The lowest BCUT2D eigenvalue weighted by molar-refractivity contribution is 0.0767. The minimum atomic E-state index is -0.0647. The second-order valence-electron chi connectivity index (χ2n) is 4.58. The van der Waals surface area contributed by atoms with Gasteiger partial charge in [-0.15, -0.1) is 0 Å². The van der Waals surface area contributed by atoms with Gasteiger partial charge in [-0.3, -0.25) is 4.79 Å². The van der Waals surface area contributed by atoms with Gasteiger partial charge in [0.25, 0.3) is 5.91 Å². The first kappa shape index (κ1) is 15.0. The zero-order valence-corrected chi connectivity index (χ0v) is 12.4. The van der Waals surface area contributed by atoms with Crippen molar-refractivity contribution in [1.29, 1.82) is 0 Å². The van der Waals surface area contributed by atoms with Crippen LogP contribution in [-0.4, -0.2) is 33.9 Å². The van der Waals surface area contributed by atoms with Crippen LogP contribution in [0.3, 0.4) is 0 Å². The second-order valence-corrected chi connectivity index (χ2v) is 4.58. The molecule has 2 aromatic rings. The maximum atomic E-state index is 12.2. The number of rotatable bonds is 6. The van der Waals surface area contributed by atoms with E-state index in [0.29, 0.717) is 31.3 Å². The summed E-state index contributed by atoms with van der Waals surface area (Å²) in [7, 11) is 0. The quantitative estimate of drug-likeness (QED) is 0.885. The maximum absolute atomic E-state index is 12.2. The SMILES string of the molecule is CCN(CC)C(=O)c1ccnc(NCc2ccccc2)n1. The third-order valence-electron chi connectivity index (χ3n) is 3.22. The van der Waals surface area contributed by atoms with E-state index in [9.17, 15) is 4.79 Å². The number of amides is 1. The largest absolute Gasteiger partial charge is 0.350 e. The minimum absolute atomic E-state index is 0.0647. The van der Waals surface area contributed by atoms with Crippen LogP contribution in [0.5, 0.6) is 0 Å². The van der Waals surface area contributed by atoms with Crippen LogP contribution < -0.4 is 5.32 Å². The van der Waals surface area contributed by atoms with E-state index >= 15 is 0 Å². The molecule has 0 saturated carbocycles. The summed E-state index contributed by atoms with van der Waals surface area (Å²) in [6.45, 7) is 5.89. The first-order chi connectivity index (χ1) is 10.2. The number of nitrogens with zero attached hydrogens (tertiary/aromatic N) is 3. The zero-order chi connectivity index (χ0) is 15.1. The predicted octanol–water partition coefficient (Wildman–Crippen LogP) is 2.57. The molecule has 0 atom stereocenters. The lowest BCUT2D eigenvalue weighted by atomic mass is 10.2. The number of carbonyl (C=O) groups is 1. The molecular weight excluding hydrogens is 264 g/mol. The number of nitrogens with one attached hydrogen (secondary N) is 1. The Bertz CT molecular complexity index is 582. The molecule has 0 fully saturated rings. The summed E-state index contributed by atoms with van der Waals surface area (Å²) < 4.78 is 0. The molecule has 0 saturated heterocycles. The Balaban J connectivity index is 2.05.